The molecular weight excluding hydrogens is 374 g/mol. The van der Waals surface area contributed by atoms with Crippen molar-refractivity contribution in [1.82, 2.24) is 10.6 Å². The maximum Gasteiger partial charge on any atom is 0.257 e. The van der Waals surface area contributed by atoms with Gasteiger partial charge >= 0.3 is 0 Å². The number of hydrogen-bond acceptors (Lipinski definition) is 4. The summed E-state index contributed by atoms with van der Waals surface area (Å²) in [6, 6.07) is 13.7. The van der Waals surface area contributed by atoms with Crippen LogP contribution in [-0.2, 0) is 0 Å². The summed E-state index contributed by atoms with van der Waals surface area (Å²) in [5.74, 6) is 0.780. The van der Waals surface area contributed by atoms with E-state index in [0.29, 0.717) is 29.3 Å². The summed E-state index contributed by atoms with van der Waals surface area (Å²) >= 11 is 5.19. The van der Waals surface area contributed by atoms with Gasteiger partial charge in [0.05, 0.1) is 6.61 Å². The first-order valence-electron chi connectivity index (χ1n) is 9.06. The maximum atomic E-state index is 12.3. The molecule has 0 aliphatic carbocycles. The maximum absolute atomic E-state index is 12.3. The van der Waals surface area contributed by atoms with Gasteiger partial charge in [-0.2, -0.15) is 0 Å². The van der Waals surface area contributed by atoms with Crippen LogP contribution in [0.1, 0.15) is 41.0 Å². The highest BCUT2D eigenvalue weighted by atomic mass is 32.1. The number of amides is 2. The molecule has 0 saturated heterocycles. The first-order chi connectivity index (χ1) is 13.4. The monoisotopic (exact) mass is 399 g/mol. The molecule has 148 valence electrons. The highest BCUT2D eigenvalue weighted by molar-refractivity contribution is 7.80. The fourth-order valence-corrected chi connectivity index (χ4v) is 2.55. The molecule has 0 fully saturated rings. The number of thiocarbonyl (C=S) groups is 1. The molecule has 2 amide bonds. The second-order valence-corrected chi connectivity index (χ2v) is 7.03. The molecule has 0 heterocycles. The lowest BCUT2D eigenvalue weighted by Crippen LogP contribution is -2.34. The minimum absolute atomic E-state index is 0.149. The van der Waals surface area contributed by atoms with E-state index >= 15 is 0 Å². The third kappa shape index (κ3) is 6.66. The molecule has 0 spiro atoms. The SMILES string of the molecule is CNC(=O)c1cccc(NC(=S)NC(=O)c2ccc(OCCC(C)C)cc2)c1. The number of carbonyl (C=O) groups is 2. The van der Waals surface area contributed by atoms with Crippen molar-refractivity contribution in [3.8, 4) is 5.75 Å². The van der Waals surface area contributed by atoms with E-state index in [2.05, 4.69) is 29.8 Å². The van der Waals surface area contributed by atoms with Crippen molar-refractivity contribution in [1.29, 1.82) is 0 Å². The Bertz CT molecular complexity index is 835. The van der Waals surface area contributed by atoms with Crippen molar-refractivity contribution in [2.75, 3.05) is 19.0 Å². The van der Waals surface area contributed by atoms with Gasteiger partial charge in [0.1, 0.15) is 5.75 Å². The number of nitrogens with one attached hydrogen (secondary N) is 3. The van der Waals surface area contributed by atoms with Gasteiger partial charge < -0.3 is 15.4 Å². The molecule has 2 aromatic rings. The summed E-state index contributed by atoms with van der Waals surface area (Å²) in [5.41, 5.74) is 1.58. The summed E-state index contributed by atoms with van der Waals surface area (Å²) in [5, 5.41) is 8.24. The Morgan fingerprint density at radius 1 is 1.04 bits per heavy atom. The Kier molecular flexibility index (Phi) is 7.95. The van der Waals surface area contributed by atoms with Crippen molar-refractivity contribution < 1.29 is 14.3 Å². The van der Waals surface area contributed by atoms with Gasteiger partial charge in [0.25, 0.3) is 11.8 Å². The third-order valence-corrected chi connectivity index (χ3v) is 4.12. The first-order valence-corrected chi connectivity index (χ1v) is 9.47. The Labute approximate surface area is 170 Å². The van der Waals surface area contributed by atoms with Crippen LogP contribution in [0.4, 0.5) is 5.69 Å². The van der Waals surface area contributed by atoms with Gasteiger partial charge in [-0.25, -0.2) is 0 Å². The molecule has 3 N–H and O–H groups in total. The van der Waals surface area contributed by atoms with Crippen molar-refractivity contribution in [2.45, 2.75) is 20.3 Å². The largest absolute Gasteiger partial charge is 0.494 e. The van der Waals surface area contributed by atoms with Crippen LogP contribution in [-0.4, -0.2) is 30.6 Å². The standard InChI is InChI=1S/C21H25N3O3S/c1-14(2)11-12-27-18-9-7-15(8-10-18)20(26)24-21(28)23-17-6-4-5-16(13-17)19(25)22-3/h4-10,13-14H,11-12H2,1-3H3,(H,22,25)(H2,23,24,26,28). The lowest BCUT2D eigenvalue weighted by molar-refractivity contribution is 0.0959. The summed E-state index contributed by atoms with van der Waals surface area (Å²) < 4.78 is 5.65. The Morgan fingerprint density at radius 3 is 2.39 bits per heavy atom. The predicted octanol–water partition coefficient (Wildman–Crippen LogP) is 3.60. The normalized spacial score (nSPS) is 10.3. The topological polar surface area (TPSA) is 79.5 Å². The molecule has 6 nitrogen and oxygen atoms in total. The molecule has 0 aromatic heterocycles. The molecule has 2 rings (SSSR count). The smallest absolute Gasteiger partial charge is 0.257 e. The molecule has 28 heavy (non-hydrogen) atoms. The molecule has 2 aromatic carbocycles. The molecule has 0 radical (unpaired) electrons. The van der Waals surface area contributed by atoms with E-state index in [1.165, 1.54) is 0 Å². The van der Waals surface area contributed by atoms with Crippen LogP contribution >= 0.6 is 12.2 Å². The average Bonchev–Trinajstić information content (AvgIpc) is 2.67. The fourth-order valence-electron chi connectivity index (χ4n) is 2.34. The van der Waals surface area contributed by atoms with E-state index in [1.54, 1.807) is 55.6 Å². The minimum atomic E-state index is -0.325. The second kappa shape index (κ2) is 10.4. The van der Waals surface area contributed by atoms with E-state index in [-0.39, 0.29) is 16.9 Å². The number of rotatable bonds is 7. The van der Waals surface area contributed by atoms with Gasteiger partial charge in [-0.1, -0.05) is 19.9 Å². The Hall–Kier alpha value is -2.93. The van der Waals surface area contributed by atoms with Gasteiger partial charge in [-0.05, 0) is 67.0 Å². The first kappa shape index (κ1) is 21.4. The van der Waals surface area contributed by atoms with Crippen LogP contribution in [0, 0.1) is 5.92 Å². The van der Waals surface area contributed by atoms with E-state index < -0.39 is 0 Å². The number of hydrogen-bond donors (Lipinski definition) is 3. The molecule has 0 aliphatic rings. The van der Waals surface area contributed by atoms with Crippen LogP contribution < -0.4 is 20.7 Å². The summed E-state index contributed by atoms with van der Waals surface area (Å²) in [4.78, 5) is 24.0. The van der Waals surface area contributed by atoms with Crippen LogP contribution in [0.3, 0.4) is 0 Å². The summed E-state index contributed by atoms with van der Waals surface area (Å²) in [7, 11) is 1.56. The van der Waals surface area contributed by atoms with Gasteiger partial charge in [-0.15, -0.1) is 0 Å². The molecule has 0 unspecified atom stereocenters. The van der Waals surface area contributed by atoms with E-state index in [9.17, 15) is 9.59 Å². The highest BCUT2D eigenvalue weighted by Gasteiger charge is 2.09. The lowest BCUT2D eigenvalue weighted by atomic mass is 10.1. The Balaban J connectivity index is 1.90. The zero-order valence-corrected chi connectivity index (χ0v) is 17.1. The molecule has 0 saturated carbocycles. The van der Waals surface area contributed by atoms with Crippen molar-refractivity contribution in [3.63, 3.8) is 0 Å². The van der Waals surface area contributed by atoms with Crippen molar-refractivity contribution >= 4 is 34.8 Å². The van der Waals surface area contributed by atoms with Gasteiger partial charge in [0.15, 0.2) is 5.11 Å². The molecule has 0 bridgehead atoms. The van der Waals surface area contributed by atoms with Crippen molar-refractivity contribution in [2.24, 2.45) is 5.92 Å². The van der Waals surface area contributed by atoms with Gasteiger partial charge in [-0.3, -0.25) is 14.9 Å². The van der Waals surface area contributed by atoms with Crippen LogP contribution in [0.5, 0.6) is 5.75 Å². The second-order valence-electron chi connectivity index (χ2n) is 6.62. The number of carbonyl (C=O) groups excluding carboxylic acids is 2. The zero-order chi connectivity index (χ0) is 20.5. The third-order valence-electron chi connectivity index (χ3n) is 3.92. The number of anilines is 1. The number of benzene rings is 2. The van der Waals surface area contributed by atoms with Crippen LogP contribution in [0.25, 0.3) is 0 Å². The fraction of sp³-hybridized carbons (Fsp3) is 0.286. The number of ether oxygens (including phenoxy) is 1. The average molecular weight is 400 g/mol. The van der Waals surface area contributed by atoms with E-state index in [0.717, 1.165) is 12.2 Å². The molecule has 7 heteroatoms. The highest BCUT2D eigenvalue weighted by Crippen LogP contribution is 2.14. The van der Waals surface area contributed by atoms with Crippen LogP contribution in [0.2, 0.25) is 0 Å². The lowest BCUT2D eigenvalue weighted by Gasteiger charge is -2.11. The molecule has 0 atom stereocenters. The quantitative estimate of drug-likeness (QED) is 0.620. The Morgan fingerprint density at radius 2 is 1.75 bits per heavy atom. The molecular formula is C21H25N3O3S. The summed E-state index contributed by atoms with van der Waals surface area (Å²) in [6.07, 6.45) is 0.975. The van der Waals surface area contributed by atoms with Crippen molar-refractivity contribution in [3.05, 3.63) is 59.7 Å². The van der Waals surface area contributed by atoms with Crippen LogP contribution in [0.15, 0.2) is 48.5 Å². The predicted molar refractivity (Wildman–Crippen MR) is 115 cm³/mol. The summed E-state index contributed by atoms with van der Waals surface area (Å²) in [6.45, 7) is 4.93. The van der Waals surface area contributed by atoms with E-state index in [4.69, 9.17) is 17.0 Å². The van der Waals surface area contributed by atoms with Gasteiger partial charge in [0, 0.05) is 23.9 Å². The molecule has 0 aliphatic heterocycles. The zero-order valence-electron chi connectivity index (χ0n) is 16.2. The minimum Gasteiger partial charge on any atom is -0.494 e. The van der Waals surface area contributed by atoms with E-state index in [1.807, 2.05) is 0 Å². The van der Waals surface area contributed by atoms with Gasteiger partial charge in [0.2, 0.25) is 0 Å².